The lowest BCUT2D eigenvalue weighted by atomic mass is 9.62. The van der Waals surface area contributed by atoms with Gasteiger partial charge in [0, 0.05) is 32.0 Å². The third-order valence-corrected chi connectivity index (χ3v) is 8.64. The van der Waals surface area contributed by atoms with Crippen LogP contribution < -0.4 is 5.32 Å². The van der Waals surface area contributed by atoms with E-state index in [2.05, 4.69) is 66.5 Å². The first-order valence-electron chi connectivity index (χ1n) is 12.6. The molecule has 2 aliphatic heterocycles. The molecule has 2 aromatic rings. The van der Waals surface area contributed by atoms with Crippen molar-refractivity contribution in [1.29, 1.82) is 0 Å². The molecule has 174 valence electrons. The minimum absolute atomic E-state index is 0.0524. The van der Waals surface area contributed by atoms with Crippen molar-refractivity contribution in [3.05, 3.63) is 70.8 Å². The summed E-state index contributed by atoms with van der Waals surface area (Å²) in [4.78, 5) is 28.7. The van der Waals surface area contributed by atoms with Gasteiger partial charge in [0.15, 0.2) is 0 Å². The van der Waals surface area contributed by atoms with Crippen LogP contribution in [0.25, 0.3) is 0 Å². The Morgan fingerprint density at radius 1 is 0.939 bits per heavy atom. The molecule has 2 saturated heterocycles. The lowest BCUT2D eigenvalue weighted by molar-refractivity contribution is -0.141. The van der Waals surface area contributed by atoms with E-state index in [0.717, 1.165) is 51.6 Å². The first-order chi connectivity index (χ1) is 15.9. The van der Waals surface area contributed by atoms with Crippen molar-refractivity contribution in [2.45, 2.75) is 70.1 Å². The van der Waals surface area contributed by atoms with Crippen LogP contribution >= 0.6 is 0 Å². The largest absolute Gasteiger partial charge is 0.355 e. The van der Waals surface area contributed by atoms with E-state index in [1.54, 1.807) is 0 Å². The molecule has 1 atom stereocenters. The summed E-state index contributed by atoms with van der Waals surface area (Å²) in [7, 11) is 0. The number of rotatable bonds is 3. The highest BCUT2D eigenvalue weighted by molar-refractivity contribution is 5.89. The summed E-state index contributed by atoms with van der Waals surface area (Å²) >= 11 is 0. The number of benzene rings is 2. The van der Waals surface area contributed by atoms with Crippen molar-refractivity contribution < 1.29 is 9.59 Å². The monoisotopic (exact) mass is 444 g/mol. The number of nitrogens with one attached hydrogen (secondary N) is 1. The summed E-state index contributed by atoms with van der Waals surface area (Å²) in [6.45, 7) is 6.46. The molecule has 4 nitrogen and oxygen atoms in total. The van der Waals surface area contributed by atoms with Gasteiger partial charge in [0.2, 0.25) is 11.8 Å². The highest BCUT2D eigenvalue weighted by Crippen LogP contribution is 2.50. The van der Waals surface area contributed by atoms with Gasteiger partial charge < -0.3 is 10.2 Å². The van der Waals surface area contributed by atoms with E-state index in [9.17, 15) is 9.59 Å². The number of aryl methyl sites for hydroxylation is 2. The first-order valence-corrected chi connectivity index (χ1v) is 12.6. The van der Waals surface area contributed by atoms with Crippen molar-refractivity contribution in [3.63, 3.8) is 0 Å². The Balaban J connectivity index is 1.39. The molecule has 0 unspecified atom stereocenters. The number of carbonyl (C=O) groups excluding carboxylic acids is 2. The van der Waals surface area contributed by atoms with Gasteiger partial charge in [-0.15, -0.1) is 0 Å². The van der Waals surface area contributed by atoms with Gasteiger partial charge in [-0.1, -0.05) is 72.5 Å². The molecule has 0 bridgehead atoms. The highest BCUT2D eigenvalue weighted by atomic mass is 16.2. The van der Waals surface area contributed by atoms with Crippen LogP contribution in [-0.2, 0) is 15.0 Å². The van der Waals surface area contributed by atoms with Gasteiger partial charge in [-0.3, -0.25) is 9.59 Å². The number of hydrogen-bond donors (Lipinski definition) is 1. The second-order valence-electron chi connectivity index (χ2n) is 10.8. The summed E-state index contributed by atoms with van der Waals surface area (Å²) in [5.74, 6) is 0.786. The molecule has 1 saturated carbocycles. The van der Waals surface area contributed by atoms with Crippen molar-refractivity contribution in [3.8, 4) is 0 Å². The van der Waals surface area contributed by atoms with Crippen LogP contribution in [0.2, 0.25) is 0 Å². The molecule has 4 heteroatoms. The van der Waals surface area contributed by atoms with Crippen LogP contribution in [-0.4, -0.2) is 36.3 Å². The maximum absolute atomic E-state index is 14.1. The average Bonchev–Trinajstić information content (AvgIpc) is 3.30. The molecule has 2 aromatic carbocycles. The van der Waals surface area contributed by atoms with E-state index in [1.807, 2.05) is 6.07 Å². The first kappa shape index (κ1) is 22.2. The van der Waals surface area contributed by atoms with Crippen LogP contribution in [0.15, 0.2) is 48.5 Å². The smallest absolute Gasteiger partial charge is 0.233 e. The normalized spacial score (nSPS) is 24.0. The number of hydrogen-bond acceptors (Lipinski definition) is 2. The summed E-state index contributed by atoms with van der Waals surface area (Å²) in [5.41, 5.74) is 4.57. The van der Waals surface area contributed by atoms with Crippen molar-refractivity contribution in [1.82, 2.24) is 10.2 Å². The zero-order chi connectivity index (χ0) is 23.1. The van der Waals surface area contributed by atoms with Gasteiger partial charge in [0.25, 0.3) is 0 Å². The minimum atomic E-state index is -0.371. The fourth-order valence-electron chi connectivity index (χ4n) is 6.93. The fourth-order valence-corrected chi connectivity index (χ4v) is 6.93. The molecule has 5 rings (SSSR count). The lowest BCUT2D eigenvalue weighted by Crippen LogP contribution is -2.55. The summed E-state index contributed by atoms with van der Waals surface area (Å²) in [6, 6.07) is 17.3. The van der Waals surface area contributed by atoms with E-state index < -0.39 is 0 Å². The number of amides is 2. The molecule has 0 aromatic heterocycles. The van der Waals surface area contributed by atoms with E-state index in [-0.39, 0.29) is 16.7 Å². The van der Waals surface area contributed by atoms with Crippen LogP contribution in [0, 0.1) is 19.3 Å². The molecular weight excluding hydrogens is 408 g/mol. The third kappa shape index (κ3) is 3.98. The Hall–Kier alpha value is -2.62. The van der Waals surface area contributed by atoms with E-state index in [0.29, 0.717) is 24.8 Å². The molecule has 3 fully saturated rings. The molecule has 2 amide bonds. The van der Waals surface area contributed by atoms with Crippen LogP contribution in [0.1, 0.15) is 73.1 Å². The number of nitrogens with zero attached hydrogens (tertiary/aromatic N) is 1. The Morgan fingerprint density at radius 2 is 1.58 bits per heavy atom. The standard InChI is InChI=1S/C29H36N2O2/c1-21-16-22(2)18-24(17-21)29(10-6-7-11-29)27(33)31-14-12-28(13-15-31)19-26(32)30-20-25(28)23-8-4-3-5-9-23/h3-5,8-9,16-18,25H,6-7,10-15,19-20H2,1-2H3,(H,30,32)/t25-/m0/s1. The Morgan fingerprint density at radius 3 is 2.21 bits per heavy atom. The third-order valence-electron chi connectivity index (χ3n) is 8.64. The number of likely N-dealkylation sites (tertiary alicyclic amines) is 1. The second-order valence-corrected chi connectivity index (χ2v) is 10.8. The van der Waals surface area contributed by atoms with Gasteiger partial charge in [-0.2, -0.15) is 0 Å². The Bertz CT molecular complexity index is 1010. The van der Waals surface area contributed by atoms with Gasteiger partial charge in [0.05, 0.1) is 5.41 Å². The zero-order valence-electron chi connectivity index (χ0n) is 20.0. The Kier molecular flexibility index (Phi) is 5.80. The van der Waals surface area contributed by atoms with Crippen LogP contribution in [0.3, 0.4) is 0 Å². The minimum Gasteiger partial charge on any atom is -0.355 e. The van der Waals surface area contributed by atoms with Gasteiger partial charge in [0.1, 0.15) is 0 Å². The summed E-state index contributed by atoms with van der Waals surface area (Å²) < 4.78 is 0. The van der Waals surface area contributed by atoms with E-state index in [4.69, 9.17) is 0 Å². The second kappa shape index (κ2) is 8.62. The Labute approximate surface area is 197 Å². The van der Waals surface area contributed by atoms with Crippen LogP contribution in [0.5, 0.6) is 0 Å². The van der Waals surface area contributed by atoms with Crippen molar-refractivity contribution in [2.75, 3.05) is 19.6 Å². The van der Waals surface area contributed by atoms with Gasteiger partial charge >= 0.3 is 0 Å². The molecule has 33 heavy (non-hydrogen) atoms. The average molecular weight is 445 g/mol. The SMILES string of the molecule is Cc1cc(C)cc(C2(C(=O)N3CCC4(CC3)CC(=O)NC[C@H]4c3ccccc3)CCCC2)c1. The zero-order valence-corrected chi connectivity index (χ0v) is 20.0. The predicted molar refractivity (Wildman–Crippen MR) is 131 cm³/mol. The van der Waals surface area contributed by atoms with Crippen LogP contribution in [0.4, 0.5) is 0 Å². The molecule has 1 aliphatic carbocycles. The highest BCUT2D eigenvalue weighted by Gasteiger charge is 2.50. The lowest BCUT2D eigenvalue weighted by Gasteiger charge is -2.50. The van der Waals surface area contributed by atoms with Crippen molar-refractivity contribution in [2.24, 2.45) is 5.41 Å². The fraction of sp³-hybridized carbons (Fsp3) is 0.517. The molecule has 1 spiro atoms. The number of carbonyl (C=O) groups is 2. The van der Waals surface area contributed by atoms with E-state index >= 15 is 0 Å². The molecular formula is C29H36N2O2. The van der Waals surface area contributed by atoms with Crippen molar-refractivity contribution >= 4 is 11.8 Å². The predicted octanol–water partition coefficient (Wildman–Crippen LogP) is 5.03. The quantitative estimate of drug-likeness (QED) is 0.722. The summed E-state index contributed by atoms with van der Waals surface area (Å²) in [6.07, 6.45) is 6.50. The maximum Gasteiger partial charge on any atom is 0.233 e. The summed E-state index contributed by atoms with van der Waals surface area (Å²) in [5, 5.41) is 3.10. The van der Waals surface area contributed by atoms with Gasteiger partial charge in [-0.05, 0) is 56.1 Å². The number of piperidine rings is 2. The topological polar surface area (TPSA) is 49.4 Å². The molecule has 2 heterocycles. The van der Waals surface area contributed by atoms with E-state index in [1.165, 1.54) is 22.3 Å². The molecule has 1 N–H and O–H groups in total. The molecule has 0 radical (unpaired) electrons. The molecule has 3 aliphatic rings. The van der Waals surface area contributed by atoms with Gasteiger partial charge in [-0.25, -0.2) is 0 Å². The maximum atomic E-state index is 14.1.